The summed E-state index contributed by atoms with van der Waals surface area (Å²) in [5.74, 6) is 0.337. The Hall–Kier alpha value is -1.67. The predicted molar refractivity (Wildman–Crippen MR) is 77.8 cm³/mol. The molecule has 0 saturated carbocycles. The molecule has 0 fully saturated rings. The molecule has 2 aromatic rings. The molecule has 1 atom stereocenters. The SMILES string of the molecule is CC(CNCCc1cccc(F)c1)c1ccccc1. The highest BCUT2D eigenvalue weighted by molar-refractivity contribution is 5.19. The maximum atomic E-state index is 13.0. The van der Waals surface area contributed by atoms with E-state index in [0.717, 1.165) is 25.1 Å². The van der Waals surface area contributed by atoms with Crippen LogP contribution >= 0.6 is 0 Å². The van der Waals surface area contributed by atoms with Gasteiger partial charge in [-0.25, -0.2) is 4.39 Å². The zero-order valence-corrected chi connectivity index (χ0v) is 11.3. The van der Waals surface area contributed by atoms with Gasteiger partial charge in [0.1, 0.15) is 5.82 Å². The van der Waals surface area contributed by atoms with E-state index in [1.54, 1.807) is 12.1 Å². The van der Waals surface area contributed by atoms with Crippen molar-refractivity contribution in [1.29, 1.82) is 0 Å². The monoisotopic (exact) mass is 257 g/mol. The predicted octanol–water partition coefficient (Wildman–Crippen LogP) is 3.76. The average molecular weight is 257 g/mol. The van der Waals surface area contributed by atoms with Gasteiger partial charge in [0.15, 0.2) is 0 Å². The molecule has 2 rings (SSSR count). The van der Waals surface area contributed by atoms with E-state index >= 15 is 0 Å². The quantitative estimate of drug-likeness (QED) is 0.777. The van der Waals surface area contributed by atoms with Crippen LogP contribution in [0.25, 0.3) is 0 Å². The fourth-order valence-electron chi connectivity index (χ4n) is 2.14. The van der Waals surface area contributed by atoms with Gasteiger partial charge in [0.2, 0.25) is 0 Å². The molecule has 2 aromatic carbocycles. The van der Waals surface area contributed by atoms with Crippen LogP contribution < -0.4 is 5.32 Å². The Labute approximate surface area is 114 Å². The van der Waals surface area contributed by atoms with Gasteiger partial charge in [-0.3, -0.25) is 0 Å². The fraction of sp³-hybridized carbons (Fsp3) is 0.294. The molecule has 100 valence electrons. The second-order valence-corrected chi connectivity index (χ2v) is 4.90. The van der Waals surface area contributed by atoms with Crippen molar-refractivity contribution in [3.63, 3.8) is 0 Å². The van der Waals surface area contributed by atoms with E-state index in [-0.39, 0.29) is 5.82 Å². The van der Waals surface area contributed by atoms with E-state index in [2.05, 4.69) is 36.5 Å². The molecule has 0 heterocycles. The first-order chi connectivity index (χ1) is 9.25. The van der Waals surface area contributed by atoms with Gasteiger partial charge in [0, 0.05) is 6.54 Å². The Bertz CT molecular complexity index is 496. The van der Waals surface area contributed by atoms with Crippen LogP contribution in [0.2, 0.25) is 0 Å². The van der Waals surface area contributed by atoms with Crippen molar-refractivity contribution in [2.24, 2.45) is 0 Å². The molecule has 1 nitrogen and oxygen atoms in total. The molecule has 0 radical (unpaired) electrons. The summed E-state index contributed by atoms with van der Waals surface area (Å²) in [4.78, 5) is 0. The average Bonchev–Trinajstić information content (AvgIpc) is 2.44. The van der Waals surface area contributed by atoms with Gasteiger partial charge >= 0.3 is 0 Å². The summed E-state index contributed by atoms with van der Waals surface area (Å²) in [5, 5.41) is 3.43. The summed E-state index contributed by atoms with van der Waals surface area (Å²) in [5.41, 5.74) is 2.39. The number of halogens is 1. The number of benzene rings is 2. The van der Waals surface area contributed by atoms with Crippen LogP contribution in [0.5, 0.6) is 0 Å². The van der Waals surface area contributed by atoms with E-state index in [1.807, 2.05) is 12.1 Å². The second kappa shape index (κ2) is 7.05. The molecule has 0 aromatic heterocycles. The summed E-state index contributed by atoms with van der Waals surface area (Å²) >= 11 is 0. The third-order valence-electron chi connectivity index (χ3n) is 3.30. The summed E-state index contributed by atoms with van der Waals surface area (Å²) < 4.78 is 13.0. The molecule has 1 N–H and O–H groups in total. The van der Waals surface area contributed by atoms with Crippen molar-refractivity contribution in [3.8, 4) is 0 Å². The maximum Gasteiger partial charge on any atom is 0.123 e. The summed E-state index contributed by atoms with van der Waals surface area (Å²) in [6.07, 6.45) is 0.860. The minimum absolute atomic E-state index is 0.157. The number of hydrogen-bond acceptors (Lipinski definition) is 1. The Morgan fingerprint density at radius 1 is 1.05 bits per heavy atom. The highest BCUT2D eigenvalue weighted by Gasteiger charge is 2.03. The zero-order chi connectivity index (χ0) is 13.5. The van der Waals surface area contributed by atoms with Crippen LogP contribution in [-0.2, 0) is 6.42 Å². The van der Waals surface area contributed by atoms with Gasteiger partial charge in [-0.15, -0.1) is 0 Å². The van der Waals surface area contributed by atoms with E-state index in [1.165, 1.54) is 11.6 Å². The van der Waals surface area contributed by atoms with Gasteiger partial charge in [0.25, 0.3) is 0 Å². The zero-order valence-electron chi connectivity index (χ0n) is 11.3. The standard InChI is InChI=1S/C17H20FN/c1-14(16-7-3-2-4-8-16)13-19-11-10-15-6-5-9-17(18)12-15/h2-9,12,14,19H,10-11,13H2,1H3. The van der Waals surface area contributed by atoms with Crippen LogP contribution in [0.15, 0.2) is 54.6 Å². The lowest BCUT2D eigenvalue weighted by molar-refractivity contribution is 0.608. The highest BCUT2D eigenvalue weighted by Crippen LogP contribution is 2.13. The highest BCUT2D eigenvalue weighted by atomic mass is 19.1. The molecule has 0 bridgehead atoms. The van der Waals surface area contributed by atoms with Gasteiger partial charge in [0.05, 0.1) is 0 Å². The Kier molecular flexibility index (Phi) is 5.10. The van der Waals surface area contributed by atoms with E-state index in [4.69, 9.17) is 0 Å². The smallest absolute Gasteiger partial charge is 0.123 e. The summed E-state index contributed by atoms with van der Waals surface area (Å²) in [7, 11) is 0. The molecule has 0 aliphatic heterocycles. The van der Waals surface area contributed by atoms with E-state index in [0.29, 0.717) is 5.92 Å². The largest absolute Gasteiger partial charge is 0.316 e. The lowest BCUT2D eigenvalue weighted by atomic mass is 10.0. The van der Waals surface area contributed by atoms with Crippen molar-refractivity contribution in [2.75, 3.05) is 13.1 Å². The first kappa shape index (κ1) is 13.8. The first-order valence-electron chi connectivity index (χ1n) is 6.76. The second-order valence-electron chi connectivity index (χ2n) is 4.90. The van der Waals surface area contributed by atoms with Crippen LogP contribution in [0.1, 0.15) is 24.0 Å². The molecule has 0 amide bonds. The molecule has 0 aliphatic carbocycles. The first-order valence-corrected chi connectivity index (χ1v) is 6.76. The minimum Gasteiger partial charge on any atom is -0.316 e. The van der Waals surface area contributed by atoms with Gasteiger partial charge in [-0.05, 0) is 42.1 Å². The molecule has 0 spiro atoms. The van der Waals surface area contributed by atoms with Crippen molar-refractivity contribution in [3.05, 3.63) is 71.5 Å². The lowest BCUT2D eigenvalue weighted by Crippen LogP contribution is -2.22. The Morgan fingerprint density at radius 3 is 2.58 bits per heavy atom. The van der Waals surface area contributed by atoms with Crippen LogP contribution in [-0.4, -0.2) is 13.1 Å². The molecular weight excluding hydrogens is 237 g/mol. The van der Waals surface area contributed by atoms with Crippen LogP contribution in [0.4, 0.5) is 4.39 Å². The topological polar surface area (TPSA) is 12.0 Å². The Balaban J connectivity index is 1.72. The molecule has 0 aliphatic rings. The van der Waals surface area contributed by atoms with Crippen molar-refractivity contribution in [2.45, 2.75) is 19.3 Å². The maximum absolute atomic E-state index is 13.0. The molecule has 0 saturated heterocycles. The molecule has 19 heavy (non-hydrogen) atoms. The normalized spacial score (nSPS) is 12.3. The summed E-state index contributed by atoms with van der Waals surface area (Å²) in [6, 6.07) is 17.3. The third-order valence-corrected chi connectivity index (χ3v) is 3.30. The van der Waals surface area contributed by atoms with Gasteiger partial charge in [-0.2, -0.15) is 0 Å². The molecule has 1 unspecified atom stereocenters. The summed E-state index contributed by atoms with van der Waals surface area (Å²) in [6.45, 7) is 4.03. The van der Waals surface area contributed by atoms with Crippen molar-refractivity contribution in [1.82, 2.24) is 5.32 Å². The third kappa shape index (κ3) is 4.49. The molecular formula is C17H20FN. The van der Waals surface area contributed by atoms with E-state index < -0.39 is 0 Å². The number of hydrogen-bond donors (Lipinski definition) is 1. The van der Waals surface area contributed by atoms with Crippen molar-refractivity contribution < 1.29 is 4.39 Å². The van der Waals surface area contributed by atoms with Gasteiger partial charge in [-0.1, -0.05) is 49.4 Å². The van der Waals surface area contributed by atoms with Gasteiger partial charge < -0.3 is 5.32 Å². The lowest BCUT2D eigenvalue weighted by Gasteiger charge is -2.13. The number of rotatable bonds is 6. The Morgan fingerprint density at radius 2 is 1.84 bits per heavy atom. The van der Waals surface area contributed by atoms with E-state index in [9.17, 15) is 4.39 Å². The van der Waals surface area contributed by atoms with Crippen LogP contribution in [0, 0.1) is 5.82 Å². The van der Waals surface area contributed by atoms with Crippen LogP contribution in [0.3, 0.4) is 0 Å². The number of nitrogens with one attached hydrogen (secondary N) is 1. The van der Waals surface area contributed by atoms with Crippen molar-refractivity contribution >= 4 is 0 Å². The minimum atomic E-state index is -0.157. The molecule has 2 heteroatoms. The fourth-order valence-corrected chi connectivity index (χ4v) is 2.14.